The summed E-state index contributed by atoms with van der Waals surface area (Å²) >= 11 is 9.75. The average molecular weight is 335 g/mol. The summed E-state index contributed by atoms with van der Waals surface area (Å²) in [5.41, 5.74) is 2.46. The molecule has 0 bridgehead atoms. The van der Waals surface area contributed by atoms with Gasteiger partial charge in [-0.2, -0.15) is 5.10 Å². The Labute approximate surface area is 123 Å². The summed E-state index contributed by atoms with van der Waals surface area (Å²) < 4.78 is 3.30. The Kier molecular flexibility index (Phi) is 5.10. The first kappa shape index (κ1) is 14.4. The standard InChI is InChI=1S/C13H21BrClN3/c1-3-11-13(14)12(18(4-2)16-11)9-17-7-5-6-10(17)8-15/h10H,3-9H2,1-2H3. The molecule has 5 heteroatoms. The summed E-state index contributed by atoms with van der Waals surface area (Å²) in [7, 11) is 0. The minimum absolute atomic E-state index is 0.531. The molecule has 0 amide bonds. The molecule has 102 valence electrons. The van der Waals surface area contributed by atoms with E-state index in [0.717, 1.165) is 37.6 Å². The van der Waals surface area contributed by atoms with Gasteiger partial charge in [0.05, 0.1) is 15.9 Å². The SMILES string of the molecule is CCc1nn(CC)c(CN2CCCC2CCl)c1Br. The van der Waals surface area contributed by atoms with Crippen LogP contribution in [0, 0.1) is 0 Å². The third-order valence-electron chi connectivity index (χ3n) is 3.72. The number of halogens is 2. The lowest BCUT2D eigenvalue weighted by Gasteiger charge is -2.23. The second kappa shape index (κ2) is 6.40. The number of aromatic nitrogens is 2. The lowest BCUT2D eigenvalue weighted by atomic mass is 10.2. The highest BCUT2D eigenvalue weighted by molar-refractivity contribution is 9.10. The van der Waals surface area contributed by atoms with E-state index >= 15 is 0 Å². The third kappa shape index (κ3) is 2.75. The van der Waals surface area contributed by atoms with Gasteiger partial charge in [-0.05, 0) is 48.7 Å². The highest BCUT2D eigenvalue weighted by atomic mass is 79.9. The lowest BCUT2D eigenvalue weighted by molar-refractivity contribution is 0.254. The van der Waals surface area contributed by atoms with Crippen molar-refractivity contribution < 1.29 is 0 Å². The van der Waals surface area contributed by atoms with E-state index in [4.69, 9.17) is 11.6 Å². The molecule has 1 aromatic rings. The zero-order chi connectivity index (χ0) is 13.1. The molecule has 1 unspecified atom stereocenters. The van der Waals surface area contributed by atoms with Gasteiger partial charge in [0.15, 0.2) is 0 Å². The van der Waals surface area contributed by atoms with Crippen molar-refractivity contribution in [3.63, 3.8) is 0 Å². The molecule has 3 nitrogen and oxygen atoms in total. The van der Waals surface area contributed by atoms with E-state index in [0.29, 0.717) is 6.04 Å². The predicted molar refractivity (Wildman–Crippen MR) is 79.1 cm³/mol. The maximum atomic E-state index is 6.04. The van der Waals surface area contributed by atoms with Crippen LogP contribution in [0.5, 0.6) is 0 Å². The van der Waals surface area contributed by atoms with Gasteiger partial charge >= 0.3 is 0 Å². The Morgan fingerprint density at radius 3 is 2.83 bits per heavy atom. The van der Waals surface area contributed by atoms with E-state index in [-0.39, 0.29) is 0 Å². The van der Waals surface area contributed by atoms with E-state index in [1.807, 2.05) is 0 Å². The van der Waals surface area contributed by atoms with Gasteiger partial charge in [0.2, 0.25) is 0 Å². The molecule has 2 heterocycles. The van der Waals surface area contributed by atoms with Gasteiger partial charge in [0, 0.05) is 25.0 Å². The van der Waals surface area contributed by atoms with Gasteiger partial charge in [0.1, 0.15) is 0 Å². The predicted octanol–water partition coefficient (Wildman–Crippen LogP) is 3.43. The summed E-state index contributed by atoms with van der Waals surface area (Å²) in [5.74, 6) is 0.735. The number of rotatable bonds is 5. The first-order chi connectivity index (χ1) is 8.71. The van der Waals surface area contributed by atoms with Crippen LogP contribution in [0.3, 0.4) is 0 Å². The van der Waals surface area contributed by atoms with Crippen LogP contribution in [-0.2, 0) is 19.5 Å². The molecule has 1 aromatic heterocycles. The number of likely N-dealkylation sites (tertiary alicyclic amines) is 1. The van der Waals surface area contributed by atoms with Crippen LogP contribution in [0.1, 0.15) is 38.1 Å². The second-order valence-corrected chi connectivity index (χ2v) is 5.90. The summed E-state index contributed by atoms with van der Waals surface area (Å²) in [6.45, 7) is 7.33. The van der Waals surface area contributed by atoms with Crippen LogP contribution in [0.15, 0.2) is 4.47 Å². The Morgan fingerprint density at radius 2 is 2.22 bits per heavy atom. The lowest BCUT2D eigenvalue weighted by Crippen LogP contribution is -2.31. The van der Waals surface area contributed by atoms with Gasteiger partial charge in [-0.25, -0.2) is 0 Å². The fraction of sp³-hybridized carbons (Fsp3) is 0.769. The average Bonchev–Trinajstić information content (AvgIpc) is 2.95. The number of hydrogen-bond donors (Lipinski definition) is 0. The van der Waals surface area contributed by atoms with Crippen LogP contribution in [0.4, 0.5) is 0 Å². The highest BCUT2D eigenvalue weighted by Crippen LogP contribution is 2.27. The van der Waals surface area contributed by atoms with Crippen molar-refractivity contribution in [2.75, 3.05) is 12.4 Å². The third-order valence-corrected chi connectivity index (χ3v) is 5.00. The van der Waals surface area contributed by atoms with Crippen molar-refractivity contribution in [2.45, 2.75) is 52.2 Å². The molecule has 18 heavy (non-hydrogen) atoms. The van der Waals surface area contributed by atoms with Crippen molar-refractivity contribution in [1.29, 1.82) is 0 Å². The smallest absolute Gasteiger partial charge is 0.0767 e. The van der Waals surface area contributed by atoms with Crippen molar-refractivity contribution in [3.05, 3.63) is 15.9 Å². The van der Waals surface area contributed by atoms with E-state index < -0.39 is 0 Å². The first-order valence-electron chi connectivity index (χ1n) is 6.75. The second-order valence-electron chi connectivity index (χ2n) is 4.80. The molecule has 1 aliphatic heterocycles. The van der Waals surface area contributed by atoms with Crippen molar-refractivity contribution in [1.82, 2.24) is 14.7 Å². The number of alkyl halides is 1. The monoisotopic (exact) mass is 333 g/mol. The summed E-state index contributed by atoms with van der Waals surface area (Å²) in [4.78, 5) is 2.49. The Morgan fingerprint density at radius 1 is 1.44 bits per heavy atom. The van der Waals surface area contributed by atoms with Crippen LogP contribution in [0.25, 0.3) is 0 Å². The van der Waals surface area contributed by atoms with Gasteiger partial charge in [-0.15, -0.1) is 11.6 Å². The Hall–Kier alpha value is -0.0600. The van der Waals surface area contributed by atoms with Gasteiger partial charge < -0.3 is 0 Å². The number of aryl methyl sites for hydroxylation is 2. The van der Waals surface area contributed by atoms with E-state index in [1.165, 1.54) is 23.0 Å². The number of hydrogen-bond acceptors (Lipinski definition) is 2. The molecular formula is C13H21BrClN3. The van der Waals surface area contributed by atoms with E-state index in [9.17, 15) is 0 Å². The van der Waals surface area contributed by atoms with Gasteiger partial charge in [-0.3, -0.25) is 9.58 Å². The van der Waals surface area contributed by atoms with Crippen LogP contribution in [0.2, 0.25) is 0 Å². The number of nitrogens with zero attached hydrogens (tertiary/aromatic N) is 3. The van der Waals surface area contributed by atoms with Crippen LogP contribution >= 0.6 is 27.5 Å². The van der Waals surface area contributed by atoms with Crippen molar-refractivity contribution >= 4 is 27.5 Å². The molecule has 0 radical (unpaired) electrons. The minimum Gasteiger partial charge on any atom is -0.293 e. The molecule has 2 rings (SSSR count). The molecule has 1 saturated heterocycles. The molecule has 0 spiro atoms. The van der Waals surface area contributed by atoms with Crippen molar-refractivity contribution in [2.24, 2.45) is 0 Å². The molecule has 0 N–H and O–H groups in total. The molecule has 0 aliphatic carbocycles. The zero-order valence-corrected chi connectivity index (χ0v) is 13.5. The van der Waals surface area contributed by atoms with Crippen LogP contribution < -0.4 is 0 Å². The molecule has 0 aromatic carbocycles. The topological polar surface area (TPSA) is 21.1 Å². The van der Waals surface area contributed by atoms with Gasteiger partial charge in [-0.1, -0.05) is 6.92 Å². The minimum atomic E-state index is 0.531. The molecule has 0 saturated carbocycles. The molecule has 1 aliphatic rings. The Bertz CT molecular complexity index is 405. The zero-order valence-electron chi connectivity index (χ0n) is 11.1. The maximum Gasteiger partial charge on any atom is 0.0767 e. The van der Waals surface area contributed by atoms with Crippen molar-refractivity contribution in [3.8, 4) is 0 Å². The fourth-order valence-corrected chi connectivity index (χ4v) is 3.68. The highest BCUT2D eigenvalue weighted by Gasteiger charge is 2.26. The largest absolute Gasteiger partial charge is 0.293 e. The molecule has 1 fully saturated rings. The molecule has 1 atom stereocenters. The summed E-state index contributed by atoms with van der Waals surface area (Å²) in [5, 5.41) is 4.65. The quantitative estimate of drug-likeness (QED) is 0.769. The van der Waals surface area contributed by atoms with Gasteiger partial charge in [0.25, 0.3) is 0 Å². The fourth-order valence-electron chi connectivity index (χ4n) is 2.64. The maximum absolute atomic E-state index is 6.04. The van der Waals surface area contributed by atoms with E-state index in [2.05, 4.69) is 44.5 Å². The molecular weight excluding hydrogens is 314 g/mol. The van der Waals surface area contributed by atoms with Crippen LogP contribution in [-0.4, -0.2) is 33.1 Å². The summed E-state index contributed by atoms with van der Waals surface area (Å²) in [6.07, 6.45) is 3.46. The normalized spacial score (nSPS) is 20.8. The van der Waals surface area contributed by atoms with E-state index in [1.54, 1.807) is 0 Å². The first-order valence-corrected chi connectivity index (χ1v) is 8.08. The summed E-state index contributed by atoms with van der Waals surface area (Å²) in [6, 6.07) is 0.531. The Balaban J connectivity index is 2.19.